The monoisotopic (exact) mass is 399 g/mol. The molecule has 0 radical (unpaired) electrons. The van der Waals surface area contributed by atoms with Gasteiger partial charge in [-0.2, -0.15) is 4.31 Å². The molecule has 1 fully saturated rings. The van der Waals surface area contributed by atoms with Crippen molar-refractivity contribution in [3.8, 4) is 5.75 Å². The summed E-state index contributed by atoms with van der Waals surface area (Å²) in [5.41, 5.74) is 1.91. The average Bonchev–Trinajstić information content (AvgIpc) is 3.19. The summed E-state index contributed by atoms with van der Waals surface area (Å²) in [7, 11) is -3.75. The number of halogens is 1. The Kier molecular flexibility index (Phi) is 5.20. The first-order chi connectivity index (χ1) is 11.8. The van der Waals surface area contributed by atoms with Crippen LogP contribution in [0, 0.1) is 13.8 Å². The molecule has 0 spiro atoms. The third-order valence-electron chi connectivity index (χ3n) is 4.13. The van der Waals surface area contributed by atoms with Gasteiger partial charge in [0.05, 0.1) is 4.34 Å². The normalized spacial score (nSPS) is 18.4. The Morgan fingerprint density at radius 3 is 2.68 bits per heavy atom. The Balaban J connectivity index is 1.82. The number of benzene rings is 1. The van der Waals surface area contributed by atoms with Gasteiger partial charge in [0, 0.05) is 6.54 Å². The molecule has 0 aliphatic carbocycles. The van der Waals surface area contributed by atoms with Crippen LogP contribution in [0.2, 0.25) is 4.34 Å². The number of hydrogen-bond acceptors (Lipinski definition) is 5. The minimum absolute atomic E-state index is 0.142. The molecule has 2 heterocycles. The van der Waals surface area contributed by atoms with Crippen LogP contribution in [0.15, 0.2) is 34.5 Å². The Morgan fingerprint density at radius 2 is 2.04 bits per heavy atom. The first kappa shape index (κ1) is 18.4. The standard InChI is InChI=1S/C17H18ClNO4S2/c1-11-5-6-14(12(2)10-11)23-17(20)13-4-3-9-19(13)25(21,22)16-8-7-15(18)24-16/h5-8,10,13H,3-4,9H2,1-2H3/t13-/m0/s1. The van der Waals surface area contributed by atoms with E-state index in [9.17, 15) is 13.2 Å². The minimum atomic E-state index is -3.75. The van der Waals surface area contributed by atoms with Gasteiger partial charge >= 0.3 is 5.97 Å². The second-order valence-corrected chi connectivity index (χ2v) is 9.85. The lowest BCUT2D eigenvalue weighted by Gasteiger charge is -2.22. The number of carbonyl (C=O) groups is 1. The second kappa shape index (κ2) is 7.07. The number of esters is 1. The summed E-state index contributed by atoms with van der Waals surface area (Å²) in [5.74, 6) is -0.0882. The lowest BCUT2D eigenvalue weighted by atomic mass is 10.1. The Labute approximate surface area is 156 Å². The van der Waals surface area contributed by atoms with Crippen LogP contribution in [-0.4, -0.2) is 31.3 Å². The number of hydrogen-bond donors (Lipinski definition) is 0. The van der Waals surface area contributed by atoms with E-state index in [1.54, 1.807) is 6.07 Å². The molecule has 8 heteroatoms. The quantitative estimate of drug-likeness (QED) is 0.579. The summed E-state index contributed by atoms with van der Waals surface area (Å²) in [4.78, 5) is 12.6. The largest absolute Gasteiger partial charge is 0.425 e. The number of carbonyl (C=O) groups excluding carboxylic acids is 1. The molecule has 1 aliphatic rings. The molecule has 1 aliphatic heterocycles. The molecule has 0 amide bonds. The fraction of sp³-hybridized carbons (Fsp3) is 0.353. The van der Waals surface area contributed by atoms with Crippen molar-refractivity contribution in [1.29, 1.82) is 0 Å². The number of thiophene rings is 1. The Morgan fingerprint density at radius 1 is 1.28 bits per heavy atom. The van der Waals surface area contributed by atoms with Gasteiger partial charge in [-0.15, -0.1) is 11.3 Å². The molecular formula is C17H18ClNO4S2. The highest BCUT2D eigenvalue weighted by Crippen LogP contribution is 2.33. The Bertz CT molecular complexity index is 907. The zero-order valence-electron chi connectivity index (χ0n) is 13.9. The van der Waals surface area contributed by atoms with Crippen LogP contribution >= 0.6 is 22.9 Å². The fourth-order valence-corrected chi connectivity index (χ4v) is 6.16. The van der Waals surface area contributed by atoms with Gasteiger partial charge in [-0.05, 0) is 50.5 Å². The van der Waals surface area contributed by atoms with E-state index >= 15 is 0 Å². The highest BCUT2D eigenvalue weighted by Gasteiger charge is 2.41. The zero-order valence-corrected chi connectivity index (χ0v) is 16.2. The van der Waals surface area contributed by atoms with E-state index in [0.29, 0.717) is 29.5 Å². The summed E-state index contributed by atoms with van der Waals surface area (Å²) in [5, 5.41) is 0. The van der Waals surface area contributed by atoms with Gasteiger partial charge in [0.25, 0.3) is 10.0 Å². The molecule has 0 unspecified atom stereocenters. The van der Waals surface area contributed by atoms with Crippen LogP contribution in [0.4, 0.5) is 0 Å². The third kappa shape index (κ3) is 3.74. The number of aryl methyl sites for hydroxylation is 2. The van der Waals surface area contributed by atoms with Gasteiger partial charge in [-0.3, -0.25) is 0 Å². The van der Waals surface area contributed by atoms with E-state index in [4.69, 9.17) is 16.3 Å². The van der Waals surface area contributed by atoms with E-state index in [1.807, 2.05) is 26.0 Å². The molecule has 134 valence electrons. The lowest BCUT2D eigenvalue weighted by molar-refractivity contribution is -0.138. The van der Waals surface area contributed by atoms with E-state index in [-0.39, 0.29) is 4.21 Å². The number of ether oxygens (including phenoxy) is 1. The highest BCUT2D eigenvalue weighted by atomic mass is 35.5. The lowest BCUT2D eigenvalue weighted by Crippen LogP contribution is -2.42. The minimum Gasteiger partial charge on any atom is -0.425 e. The SMILES string of the molecule is Cc1ccc(OC(=O)[C@@H]2CCCN2S(=O)(=O)c2ccc(Cl)s2)c(C)c1. The van der Waals surface area contributed by atoms with Crippen molar-refractivity contribution < 1.29 is 17.9 Å². The summed E-state index contributed by atoms with van der Waals surface area (Å²) in [6, 6.07) is 7.69. The topological polar surface area (TPSA) is 63.7 Å². The molecule has 0 saturated carbocycles. The van der Waals surface area contributed by atoms with Crippen LogP contribution in [-0.2, 0) is 14.8 Å². The first-order valence-corrected chi connectivity index (χ1v) is 10.5. The van der Waals surface area contributed by atoms with Gasteiger partial charge in [0.1, 0.15) is 16.0 Å². The van der Waals surface area contributed by atoms with Gasteiger partial charge in [0.15, 0.2) is 0 Å². The molecule has 25 heavy (non-hydrogen) atoms. The van der Waals surface area contributed by atoms with Crippen molar-refractivity contribution >= 4 is 38.9 Å². The number of sulfonamides is 1. The highest BCUT2D eigenvalue weighted by molar-refractivity contribution is 7.91. The van der Waals surface area contributed by atoms with Crippen molar-refractivity contribution in [2.45, 2.75) is 36.9 Å². The number of rotatable bonds is 4. The number of nitrogens with zero attached hydrogens (tertiary/aromatic N) is 1. The molecule has 1 atom stereocenters. The maximum absolute atomic E-state index is 12.8. The summed E-state index contributed by atoms with van der Waals surface area (Å²) in [6.45, 7) is 4.10. The van der Waals surface area contributed by atoms with Crippen LogP contribution < -0.4 is 4.74 Å². The van der Waals surface area contributed by atoms with E-state index in [1.165, 1.54) is 16.4 Å². The van der Waals surface area contributed by atoms with E-state index in [0.717, 1.165) is 22.5 Å². The van der Waals surface area contributed by atoms with Crippen LogP contribution in [0.5, 0.6) is 5.75 Å². The molecule has 5 nitrogen and oxygen atoms in total. The van der Waals surface area contributed by atoms with Crippen LogP contribution in [0.3, 0.4) is 0 Å². The van der Waals surface area contributed by atoms with E-state index < -0.39 is 22.0 Å². The molecule has 3 rings (SSSR count). The van der Waals surface area contributed by atoms with Gasteiger partial charge in [-0.1, -0.05) is 29.3 Å². The Hall–Kier alpha value is -1.41. The van der Waals surface area contributed by atoms with Gasteiger partial charge in [-0.25, -0.2) is 13.2 Å². The predicted molar refractivity (Wildman–Crippen MR) is 97.8 cm³/mol. The molecule has 2 aromatic rings. The molecule has 1 aromatic heterocycles. The predicted octanol–water partition coefficient (Wildman–Crippen LogP) is 3.78. The van der Waals surface area contributed by atoms with Crippen LogP contribution in [0.25, 0.3) is 0 Å². The van der Waals surface area contributed by atoms with Gasteiger partial charge in [0.2, 0.25) is 0 Å². The third-order valence-corrected chi connectivity index (χ3v) is 7.73. The summed E-state index contributed by atoms with van der Waals surface area (Å²) < 4.78 is 32.8. The molecular weight excluding hydrogens is 382 g/mol. The van der Waals surface area contributed by atoms with Crippen molar-refractivity contribution in [3.05, 3.63) is 45.8 Å². The molecule has 0 N–H and O–H groups in total. The zero-order chi connectivity index (χ0) is 18.2. The smallest absolute Gasteiger partial charge is 0.329 e. The van der Waals surface area contributed by atoms with Crippen molar-refractivity contribution in [2.24, 2.45) is 0 Å². The first-order valence-electron chi connectivity index (χ1n) is 7.85. The van der Waals surface area contributed by atoms with Crippen molar-refractivity contribution in [1.82, 2.24) is 4.31 Å². The van der Waals surface area contributed by atoms with Gasteiger partial charge < -0.3 is 4.74 Å². The second-order valence-electron chi connectivity index (χ2n) is 6.02. The summed E-state index contributed by atoms with van der Waals surface area (Å²) in [6.07, 6.45) is 1.06. The van der Waals surface area contributed by atoms with Crippen molar-refractivity contribution in [3.63, 3.8) is 0 Å². The fourth-order valence-electron chi connectivity index (χ4n) is 2.91. The van der Waals surface area contributed by atoms with Crippen molar-refractivity contribution in [2.75, 3.05) is 6.54 Å². The maximum atomic E-state index is 12.8. The molecule has 1 saturated heterocycles. The average molecular weight is 400 g/mol. The molecule has 1 aromatic carbocycles. The molecule has 0 bridgehead atoms. The van der Waals surface area contributed by atoms with Crippen LogP contribution in [0.1, 0.15) is 24.0 Å². The maximum Gasteiger partial charge on any atom is 0.329 e. The summed E-state index contributed by atoms with van der Waals surface area (Å²) >= 11 is 6.84. The van der Waals surface area contributed by atoms with E-state index in [2.05, 4.69) is 0 Å².